The molecule has 9 heteroatoms. The first-order chi connectivity index (χ1) is 11.6. The number of imidazole rings is 1. The van der Waals surface area contributed by atoms with Crippen LogP contribution < -0.4 is 5.56 Å². The van der Waals surface area contributed by atoms with Crippen molar-refractivity contribution in [3.63, 3.8) is 0 Å². The number of aromatic amines is 1. The number of aromatic nitrogens is 5. The van der Waals surface area contributed by atoms with Gasteiger partial charge in [0.1, 0.15) is 18.1 Å². The number of para-hydroxylation sites is 2. The van der Waals surface area contributed by atoms with E-state index in [1.807, 2.05) is 24.3 Å². The van der Waals surface area contributed by atoms with Gasteiger partial charge in [-0.2, -0.15) is 10.1 Å². The average Bonchev–Trinajstić information content (AvgIpc) is 2.97. The SMILES string of the molecule is CCc1nn(CC(=O)O)c(SCc2nc3ccccc3[nH]2)nc1=O. The van der Waals surface area contributed by atoms with Crippen LogP contribution in [0.2, 0.25) is 0 Å². The van der Waals surface area contributed by atoms with Gasteiger partial charge in [0.15, 0.2) is 5.16 Å². The second kappa shape index (κ2) is 6.83. The fraction of sp³-hybridized carbons (Fsp3) is 0.267. The van der Waals surface area contributed by atoms with Crippen LogP contribution in [0.4, 0.5) is 0 Å². The third kappa shape index (κ3) is 3.46. The van der Waals surface area contributed by atoms with Crippen LogP contribution in [0.25, 0.3) is 11.0 Å². The molecular formula is C15H15N5O3S. The summed E-state index contributed by atoms with van der Waals surface area (Å²) in [7, 11) is 0. The van der Waals surface area contributed by atoms with Gasteiger partial charge >= 0.3 is 5.97 Å². The Bertz CT molecular complexity index is 917. The summed E-state index contributed by atoms with van der Waals surface area (Å²) in [4.78, 5) is 34.5. The van der Waals surface area contributed by atoms with Gasteiger partial charge in [-0.1, -0.05) is 30.8 Å². The molecule has 0 aliphatic heterocycles. The number of carbonyl (C=O) groups is 1. The highest BCUT2D eigenvalue weighted by Crippen LogP contribution is 2.20. The smallest absolute Gasteiger partial charge is 0.325 e. The molecule has 3 rings (SSSR count). The summed E-state index contributed by atoms with van der Waals surface area (Å²) in [6, 6.07) is 7.64. The number of H-pyrrole nitrogens is 1. The van der Waals surface area contributed by atoms with Crippen LogP contribution in [0.5, 0.6) is 0 Å². The van der Waals surface area contributed by atoms with Gasteiger partial charge in [-0.05, 0) is 18.6 Å². The molecule has 2 aromatic heterocycles. The Kier molecular flexibility index (Phi) is 4.61. The zero-order valence-electron chi connectivity index (χ0n) is 12.9. The fourth-order valence-corrected chi connectivity index (χ4v) is 3.01. The summed E-state index contributed by atoms with van der Waals surface area (Å²) < 4.78 is 1.25. The molecule has 0 amide bonds. The monoisotopic (exact) mass is 345 g/mol. The largest absolute Gasteiger partial charge is 0.480 e. The number of aryl methyl sites for hydroxylation is 1. The maximum atomic E-state index is 11.9. The number of carboxylic acids is 1. The van der Waals surface area contributed by atoms with Crippen LogP contribution in [0.15, 0.2) is 34.2 Å². The van der Waals surface area contributed by atoms with Crippen LogP contribution in [0.3, 0.4) is 0 Å². The van der Waals surface area contributed by atoms with E-state index in [0.29, 0.717) is 12.2 Å². The molecule has 0 bridgehead atoms. The van der Waals surface area contributed by atoms with Crippen molar-refractivity contribution >= 4 is 28.8 Å². The van der Waals surface area contributed by atoms with Gasteiger partial charge in [0, 0.05) is 0 Å². The van der Waals surface area contributed by atoms with Crippen molar-refractivity contribution in [3.8, 4) is 0 Å². The van der Waals surface area contributed by atoms with Gasteiger partial charge in [0.05, 0.1) is 16.8 Å². The Morgan fingerprint density at radius 2 is 2.12 bits per heavy atom. The lowest BCUT2D eigenvalue weighted by atomic mass is 10.3. The molecule has 0 fully saturated rings. The Labute approximate surface area is 141 Å². The number of carboxylic acid groups (broad SMARTS) is 1. The first kappa shape index (κ1) is 16.2. The van der Waals surface area contributed by atoms with Crippen molar-refractivity contribution in [1.29, 1.82) is 0 Å². The summed E-state index contributed by atoms with van der Waals surface area (Å²) in [5.74, 6) is 0.103. The molecule has 0 saturated carbocycles. The average molecular weight is 345 g/mol. The van der Waals surface area contributed by atoms with Crippen LogP contribution in [-0.2, 0) is 23.5 Å². The Balaban J connectivity index is 1.86. The van der Waals surface area contributed by atoms with E-state index in [-0.39, 0.29) is 17.4 Å². The van der Waals surface area contributed by atoms with Crippen molar-refractivity contribution in [3.05, 3.63) is 46.1 Å². The van der Waals surface area contributed by atoms with E-state index in [1.54, 1.807) is 6.92 Å². The zero-order valence-corrected chi connectivity index (χ0v) is 13.7. The third-order valence-electron chi connectivity index (χ3n) is 3.30. The van der Waals surface area contributed by atoms with Gasteiger partial charge in [-0.3, -0.25) is 9.59 Å². The molecular weight excluding hydrogens is 330 g/mol. The van der Waals surface area contributed by atoms with Gasteiger partial charge in [0.25, 0.3) is 5.56 Å². The molecule has 0 atom stereocenters. The number of hydrogen-bond donors (Lipinski definition) is 2. The molecule has 1 aromatic carbocycles. The lowest BCUT2D eigenvalue weighted by Gasteiger charge is -2.09. The van der Waals surface area contributed by atoms with Crippen LogP contribution in [-0.4, -0.2) is 35.8 Å². The number of hydrogen-bond acceptors (Lipinski definition) is 6. The molecule has 2 N–H and O–H groups in total. The lowest BCUT2D eigenvalue weighted by Crippen LogP contribution is -2.25. The highest BCUT2D eigenvalue weighted by molar-refractivity contribution is 7.98. The predicted octanol–water partition coefficient (Wildman–Crippen LogP) is 1.45. The molecule has 124 valence electrons. The summed E-state index contributed by atoms with van der Waals surface area (Å²) in [6.45, 7) is 1.43. The number of rotatable bonds is 6. The fourth-order valence-electron chi connectivity index (χ4n) is 2.21. The Morgan fingerprint density at radius 1 is 1.33 bits per heavy atom. The van der Waals surface area contributed by atoms with Crippen molar-refractivity contribution in [2.24, 2.45) is 0 Å². The second-order valence-electron chi connectivity index (χ2n) is 5.04. The summed E-state index contributed by atoms with van der Waals surface area (Å²) >= 11 is 1.22. The minimum atomic E-state index is -1.04. The molecule has 24 heavy (non-hydrogen) atoms. The standard InChI is InChI=1S/C15H15N5O3S/c1-2-9-14(23)18-15(20(19-9)7-13(21)22)24-8-12-16-10-5-3-4-6-11(10)17-12/h3-6H,2,7-8H2,1H3,(H,16,17)(H,21,22). The summed E-state index contributed by atoms with van der Waals surface area (Å²) in [5.41, 5.74) is 1.60. The maximum Gasteiger partial charge on any atom is 0.325 e. The Hall–Kier alpha value is -2.68. The van der Waals surface area contributed by atoms with Crippen LogP contribution >= 0.6 is 11.8 Å². The van der Waals surface area contributed by atoms with E-state index in [9.17, 15) is 9.59 Å². The normalized spacial score (nSPS) is 11.0. The van der Waals surface area contributed by atoms with E-state index < -0.39 is 11.5 Å². The number of nitrogens with one attached hydrogen (secondary N) is 1. The van der Waals surface area contributed by atoms with Crippen LogP contribution in [0, 0.1) is 0 Å². The predicted molar refractivity (Wildman–Crippen MR) is 89.0 cm³/mol. The molecule has 0 spiro atoms. The number of thioether (sulfide) groups is 1. The number of benzene rings is 1. The molecule has 0 unspecified atom stereocenters. The highest BCUT2D eigenvalue weighted by Gasteiger charge is 2.13. The van der Waals surface area contributed by atoms with Crippen molar-refractivity contribution in [1.82, 2.24) is 24.7 Å². The minimum absolute atomic E-state index is 0.254. The molecule has 8 nitrogen and oxygen atoms in total. The van der Waals surface area contributed by atoms with Crippen LogP contribution in [0.1, 0.15) is 18.4 Å². The molecule has 2 heterocycles. The van der Waals surface area contributed by atoms with Gasteiger partial charge in [0.2, 0.25) is 0 Å². The minimum Gasteiger partial charge on any atom is -0.480 e. The van der Waals surface area contributed by atoms with E-state index >= 15 is 0 Å². The van der Waals surface area contributed by atoms with Crippen molar-refractivity contribution in [2.45, 2.75) is 30.8 Å². The quantitative estimate of drug-likeness (QED) is 0.650. The van der Waals surface area contributed by atoms with Crippen molar-refractivity contribution in [2.75, 3.05) is 0 Å². The lowest BCUT2D eigenvalue weighted by molar-refractivity contribution is -0.138. The molecule has 0 aliphatic carbocycles. The molecule has 0 radical (unpaired) electrons. The van der Waals surface area contributed by atoms with Gasteiger partial charge in [-0.15, -0.1) is 0 Å². The number of nitrogens with zero attached hydrogens (tertiary/aromatic N) is 4. The summed E-state index contributed by atoms with van der Waals surface area (Å²) in [5, 5.41) is 13.4. The number of aliphatic carboxylic acids is 1. The van der Waals surface area contributed by atoms with E-state index in [1.165, 1.54) is 16.4 Å². The Morgan fingerprint density at radius 3 is 2.83 bits per heavy atom. The van der Waals surface area contributed by atoms with Gasteiger partial charge < -0.3 is 10.1 Å². The van der Waals surface area contributed by atoms with Gasteiger partial charge in [-0.25, -0.2) is 9.67 Å². The zero-order chi connectivity index (χ0) is 17.1. The topological polar surface area (TPSA) is 114 Å². The van der Waals surface area contributed by atoms with E-state index in [4.69, 9.17) is 5.11 Å². The maximum absolute atomic E-state index is 11.9. The second-order valence-corrected chi connectivity index (χ2v) is 5.98. The van der Waals surface area contributed by atoms with Crippen molar-refractivity contribution < 1.29 is 9.90 Å². The molecule has 3 aromatic rings. The van der Waals surface area contributed by atoms with E-state index in [2.05, 4.69) is 20.1 Å². The highest BCUT2D eigenvalue weighted by atomic mass is 32.2. The third-order valence-corrected chi connectivity index (χ3v) is 4.28. The first-order valence-electron chi connectivity index (χ1n) is 7.33. The molecule has 0 aliphatic rings. The first-order valence-corrected chi connectivity index (χ1v) is 8.31. The molecule has 0 saturated heterocycles. The number of fused-ring (bicyclic) bond motifs is 1. The van der Waals surface area contributed by atoms with E-state index in [0.717, 1.165) is 16.9 Å². The summed E-state index contributed by atoms with van der Waals surface area (Å²) in [6.07, 6.45) is 0.403.